The SMILES string of the molecule is CCCCCc1c(Cc2ccc(-c3ccccc3-c3nnn[nH]3)cc2)c(=O)n2n1C1CCC2(C(=O)N(CC)CC)CC1. The highest BCUT2D eigenvalue weighted by Crippen LogP contribution is 2.47. The second kappa shape index (κ2) is 11.7. The van der Waals surface area contributed by atoms with Gasteiger partial charge >= 0.3 is 0 Å². The summed E-state index contributed by atoms with van der Waals surface area (Å²) >= 11 is 0. The highest BCUT2D eigenvalue weighted by atomic mass is 16.2. The molecule has 2 bridgehead atoms. The molecule has 4 heterocycles. The number of nitrogens with one attached hydrogen (secondary N) is 1. The van der Waals surface area contributed by atoms with E-state index in [0.717, 1.165) is 84.9 Å². The van der Waals surface area contributed by atoms with E-state index in [1.54, 1.807) is 0 Å². The number of nitrogens with zero attached hydrogens (tertiary/aromatic N) is 6. The normalized spacial score (nSPS) is 19.2. The predicted molar refractivity (Wildman–Crippen MR) is 163 cm³/mol. The van der Waals surface area contributed by atoms with Crippen molar-refractivity contribution in [2.24, 2.45) is 0 Å². The summed E-state index contributed by atoms with van der Waals surface area (Å²) in [4.78, 5) is 30.3. The molecule has 3 aliphatic rings. The molecule has 0 spiro atoms. The van der Waals surface area contributed by atoms with Gasteiger partial charge < -0.3 is 4.90 Å². The first-order chi connectivity index (χ1) is 20.5. The van der Waals surface area contributed by atoms with Crippen LogP contribution in [-0.2, 0) is 23.2 Å². The van der Waals surface area contributed by atoms with Crippen molar-refractivity contribution in [2.45, 2.75) is 90.1 Å². The third kappa shape index (κ3) is 4.68. The van der Waals surface area contributed by atoms with Crippen LogP contribution in [0.2, 0.25) is 0 Å². The highest BCUT2D eigenvalue weighted by molar-refractivity contribution is 5.85. The predicted octanol–water partition coefficient (Wildman–Crippen LogP) is 5.51. The van der Waals surface area contributed by atoms with Gasteiger partial charge in [0.25, 0.3) is 11.5 Å². The number of likely N-dealkylation sites (N-methyl/N-ethyl adjacent to an activating group) is 1. The molecule has 1 aliphatic carbocycles. The van der Waals surface area contributed by atoms with E-state index in [0.29, 0.717) is 31.4 Å². The van der Waals surface area contributed by atoms with E-state index in [1.807, 2.05) is 41.6 Å². The van der Waals surface area contributed by atoms with Gasteiger partial charge in [-0.25, -0.2) is 9.78 Å². The van der Waals surface area contributed by atoms with Gasteiger partial charge in [0.2, 0.25) is 0 Å². The van der Waals surface area contributed by atoms with Crippen molar-refractivity contribution in [3.63, 3.8) is 0 Å². The highest BCUT2D eigenvalue weighted by Gasteiger charge is 2.53. The van der Waals surface area contributed by atoms with Gasteiger partial charge in [-0.1, -0.05) is 68.3 Å². The van der Waals surface area contributed by atoms with Gasteiger partial charge in [-0.2, -0.15) is 0 Å². The molecule has 1 saturated carbocycles. The van der Waals surface area contributed by atoms with Crippen molar-refractivity contribution < 1.29 is 4.79 Å². The monoisotopic (exact) mass is 567 g/mol. The van der Waals surface area contributed by atoms with E-state index in [9.17, 15) is 9.59 Å². The molecule has 2 aromatic heterocycles. The summed E-state index contributed by atoms with van der Waals surface area (Å²) in [7, 11) is 0. The van der Waals surface area contributed by atoms with Crippen LogP contribution >= 0.6 is 0 Å². The fourth-order valence-corrected chi connectivity index (χ4v) is 7.24. The van der Waals surface area contributed by atoms with Gasteiger partial charge in [-0.3, -0.25) is 14.3 Å². The summed E-state index contributed by atoms with van der Waals surface area (Å²) in [5, 5.41) is 14.4. The largest absolute Gasteiger partial charge is 0.341 e. The molecular weight excluding hydrogens is 526 g/mol. The summed E-state index contributed by atoms with van der Waals surface area (Å²) in [6.07, 6.45) is 8.13. The number of amides is 1. The molecular formula is C33H41N7O2. The van der Waals surface area contributed by atoms with E-state index in [1.165, 1.54) is 0 Å². The summed E-state index contributed by atoms with van der Waals surface area (Å²) in [6.45, 7) is 7.59. The van der Waals surface area contributed by atoms with Crippen molar-refractivity contribution in [3.8, 4) is 22.5 Å². The number of H-pyrrole nitrogens is 1. The minimum atomic E-state index is -0.765. The fourth-order valence-electron chi connectivity index (χ4n) is 7.24. The maximum atomic E-state index is 14.4. The Morgan fingerprint density at radius 2 is 1.71 bits per heavy atom. The molecule has 0 saturated heterocycles. The average molecular weight is 568 g/mol. The van der Waals surface area contributed by atoms with Gasteiger partial charge in [0, 0.05) is 36.3 Å². The van der Waals surface area contributed by atoms with E-state index in [4.69, 9.17) is 0 Å². The molecule has 2 aliphatic heterocycles. The lowest BCUT2D eigenvalue weighted by Crippen LogP contribution is -2.60. The van der Waals surface area contributed by atoms with Gasteiger partial charge in [0.1, 0.15) is 5.54 Å². The fraction of sp³-hybridized carbons (Fsp3) is 0.485. The quantitative estimate of drug-likeness (QED) is 0.241. The first kappa shape index (κ1) is 28.1. The van der Waals surface area contributed by atoms with Crippen LogP contribution in [0.3, 0.4) is 0 Å². The smallest absolute Gasteiger partial charge is 0.271 e. The van der Waals surface area contributed by atoms with Crippen LogP contribution in [0.15, 0.2) is 53.3 Å². The molecule has 220 valence electrons. The molecule has 1 N–H and O–H groups in total. The number of carbonyl (C=O) groups excluding carboxylic acids is 1. The first-order valence-corrected chi connectivity index (χ1v) is 15.6. The molecule has 0 atom stereocenters. The zero-order chi connectivity index (χ0) is 29.3. The zero-order valence-electron chi connectivity index (χ0n) is 25.0. The minimum Gasteiger partial charge on any atom is -0.341 e. The number of benzene rings is 2. The molecule has 2 aromatic carbocycles. The third-order valence-corrected chi connectivity index (χ3v) is 9.46. The second-order valence-electron chi connectivity index (χ2n) is 11.8. The van der Waals surface area contributed by atoms with Crippen molar-refractivity contribution >= 4 is 5.91 Å². The molecule has 4 aromatic rings. The molecule has 9 heteroatoms. The number of fused-ring (bicyclic) bond motifs is 2. The minimum absolute atomic E-state index is 0.0265. The molecule has 9 nitrogen and oxygen atoms in total. The van der Waals surface area contributed by atoms with E-state index >= 15 is 0 Å². The topological polar surface area (TPSA) is 102 Å². The Labute approximate surface area is 246 Å². The van der Waals surface area contributed by atoms with Crippen LogP contribution in [0.25, 0.3) is 22.5 Å². The number of carbonyl (C=O) groups is 1. The van der Waals surface area contributed by atoms with E-state index in [-0.39, 0.29) is 11.5 Å². The number of hydrogen-bond donors (Lipinski definition) is 1. The van der Waals surface area contributed by atoms with E-state index < -0.39 is 5.54 Å². The van der Waals surface area contributed by atoms with Crippen LogP contribution in [0.4, 0.5) is 0 Å². The number of tetrazole rings is 1. The average Bonchev–Trinajstić information content (AvgIpc) is 3.67. The molecule has 42 heavy (non-hydrogen) atoms. The first-order valence-electron chi connectivity index (χ1n) is 15.6. The van der Waals surface area contributed by atoms with Crippen molar-refractivity contribution in [1.29, 1.82) is 0 Å². The lowest BCUT2D eigenvalue weighted by molar-refractivity contribution is -0.147. The van der Waals surface area contributed by atoms with Crippen molar-refractivity contribution in [3.05, 3.63) is 75.7 Å². The maximum absolute atomic E-state index is 14.4. The van der Waals surface area contributed by atoms with Crippen LogP contribution in [0.1, 0.15) is 88.6 Å². The van der Waals surface area contributed by atoms with Gasteiger partial charge in [-0.15, -0.1) is 5.10 Å². The van der Waals surface area contributed by atoms with Crippen molar-refractivity contribution in [1.82, 2.24) is 34.9 Å². The third-order valence-electron chi connectivity index (χ3n) is 9.46. The van der Waals surface area contributed by atoms with Crippen LogP contribution in [-0.4, -0.2) is 53.9 Å². The van der Waals surface area contributed by atoms with Gasteiger partial charge in [0.05, 0.1) is 6.04 Å². The summed E-state index contributed by atoms with van der Waals surface area (Å²) < 4.78 is 4.19. The number of aromatic amines is 1. The summed E-state index contributed by atoms with van der Waals surface area (Å²) in [6, 6.07) is 16.8. The Balaban J connectivity index is 1.38. The number of hydrogen-bond acceptors (Lipinski definition) is 5. The molecule has 7 rings (SSSR count). The van der Waals surface area contributed by atoms with Gasteiger partial charge in [-0.05, 0) is 79.5 Å². The van der Waals surface area contributed by atoms with Crippen LogP contribution in [0, 0.1) is 0 Å². The summed E-state index contributed by atoms with van der Waals surface area (Å²) in [5.41, 5.74) is 5.38. The molecule has 1 amide bonds. The van der Waals surface area contributed by atoms with Crippen molar-refractivity contribution in [2.75, 3.05) is 13.1 Å². The summed E-state index contributed by atoms with van der Waals surface area (Å²) in [5.74, 6) is 0.741. The van der Waals surface area contributed by atoms with E-state index in [2.05, 4.69) is 62.6 Å². The lowest BCUT2D eigenvalue weighted by Gasteiger charge is -2.49. The Kier molecular flexibility index (Phi) is 7.84. The van der Waals surface area contributed by atoms with Crippen LogP contribution in [0.5, 0.6) is 0 Å². The number of unbranched alkanes of at least 4 members (excludes halogenated alkanes) is 2. The number of rotatable bonds is 11. The second-order valence-corrected chi connectivity index (χ2v) is 11.8. The molecule has 0 radical (unpaired) electrons. The lowest BCUT2D eigenvalue weighted by atomic mass is 9.76. The standard InChI is InChI=1S/C33H41N7O2/c1-4-7-8-13-29-28(31(41)40-33(32(42)38(5-2)6-3)20-18-25(19-21-33)39(29)40)22-23-14-16-24(17-15-23)26-11-9-10-12-27(26)30-34-36-37-35-30/h9-12,14-17,25H,4-8,13,18-22H2,1-3H3,(H,34,35,36,37). The zero-order valence-corrected chi connectivity index (χ0v) is 25.0. The Morgan fingerprint density at radius 1 is 1.00 bits per heavy atom. The van der Waals surface area contributed by atoms with Crippen LogP contribution < -0.4 is 5.56 Å². The Hall–Kier alpha value is -4.01. The molecule has 0 unspecified atom stereocenters. The Morgan fingerprint density at radius 3 is 2.36 bits per heavy atom. The molecule has 1 fully saturated rings. The van der Waals surface area contributed by atoms with Gasteiger partial charge in [0.15, 0.2) is 5.82 Å². The Bertz CT molecular complexity index is 1590. The maximum Gasteiger partial charge on any atom is 0.271 e. The number of aromatic nitrogens is 6.